The highest BCUT2D eigenvalue weighted by molar-refractivity contribution is 5.83. The molecule has 0 fully saturated rings. The third-order valence-corrected chi connectivity index (χ3v) is 3.79. The maximum atomic E-state index is 12.2. The van der Waals surface area contributed by atoms with E-state index < -0.39 is 5.60 Å². The van der Waals surface area contributed by atoms with E-state index in [1.807, 2.05) is 51.1 Å². The van der Waals surface area contributed by atoms with Gasteiger partial charge >= 0.3 is 0 Å². The molecule has 3 nitrogen and oxygen atoms in total. The van der Waals surface area contributed by atoms with E-state index >= 15 is 0 Å². The Morgan fingerprint density at radius 2 is 1.89 bits per heavy atom. The second kappa shape index (κ2) is 6.71. The molecule has 0 radical (unpaired) electrons. The van der Waals surface area contributed by atoms with Crippen molar-refractivity contribution in [1.29, 1.82) is 0 Å². The Balaban J connectivity index is 2.66. The van der Waals surface area contributed by atoms with E-state index in [0.29, 0.717) is 0 Å². The van der Waals surface area contributed by atoms with E-state index in [2.05, 4.69) is 5.32 Å². The number of aliphatic hydroxyl groups is 1. The fourth-order valence-electron chi connectivity index (χ4n) is 1.85. The Bertz CT molecular complexity index is 398. The fraction of sp³-hybridized carbons (Fsp3) is 0.562. The van der Waals surface area contributed by atoms with Crippen LogP contribution in [-0.2, 0) is 4.79 Å². The molecule has 0 aliphatic heterocycles. The molecule has 0 aliphatic rings. The minimum absolute atomic E-state index is 0.0189. The van der Waals surface area contributed by atoms with Crippen LogP contribution in [0.15, 0.2) is 30.3 Å². The Labute approximate surface area is 116 Å². The Morgan fingerprint density at radius 3 is 2.37 bits per heavy atom. The molecule has 0 aromatic heterocycles. The molecule has 2 atom stereocenters. The van der Waals surface area contributed by atoms with E-state index in [4.69, 9.17) is 0 Å². The number of benzene rings is 1. The van der Waals surface area contributed by atoms with Gasteiger partial charge in [-0.1, -0.05) is 51.1 Å². The quantitative estimate of drug-likeness (QED) is 0.829. The smallest absolute Gasteiger partial charge is 0.227 e. The summed E-state index contributed by atoms with van der Waals surface area (Å²) in [6.45, 7) is 7.92. The zero-order valence-corrected chi connectivity index (χ0v) is 12.3. The summed E-state index contributed by atoms with van der Waals surface area (Å²) >= 11 is 0. The molecule has 0 bridgehead atoms. The number of nitrogens with one attached hydrogen (secondary N) is 1. The predicted octanol–water partition coefficient (Wildman–Crippen LogP) is 2.70. The van der Waals surface area contributed by atoms with Crippen LogP contribution >= 0.6 is 0 Å². The molecule has 0 heterocycles. The Kier molecular flexibility index (Phi) is 5.55. The number of carbonyl (C=O) groups excluding carboxylic acids is 1. The molecule has 1 aromatic carbocycles. The molecule has 0 spiro atoms. The van der Waals surface area contributed by atoms with Crippen molar-refractivity contribution in [3.8, 4) is 0 Å². The summed E-state index contributed by atoms with van der Waals surface area (Å²) in [6, 6.07) is 9.76. The molecule has 19 heavy (non-hydrogen) atoms. The molecule has 0 saturated heterocycles. The molecule has 106 valence electrons. The van der Waals surface area contributed by atoms with Crippen LogP contribution in [-0.4, -0.2) is 23.2 Å². The molecule has 1 aromatic rings. The van der Waals surface area contributed by atoms with Crippen molar-refractivity contribution in [2.24, 2.45) is 5.92 Å². The highest BCUT2D eigenvalue weighted by Crippen LogP contribution is 2.20. The van der Waals surface area contributed by atoms with Gasteiger partial charge in [-0.15, -0.1) is 0 Å². The zero-order valence-electron chi connectivity index (χ0n) is 12.3. The SMILES string of the molecule is CCC(C(=O)NCC(C)(O)C(C)C)c1ccccc1. The lowest BCUT2D eigenvalue weighted by molar-refractivity contribution is -0.124. The predicted molar refractivity (Wildman–Crippen MR) is 77.9 cm³/mol. The topological polar surface area (TPSA) is 49.3 Å². The molecule has 0 saturated carbocycles. The van der Waals surface area contributed by atoms with Gasteiger partial charge in [0.2, 0.25) is 5.91 Å². The molecular formula is C16H25NO2. The fourth-order valence-corrected chi connectivity index (χ4v) is 1.85. The van der Waals surface area contributed by atoms with Gasteiger partial charge in [0.25, 0.3) is 0 Å². The third-order valence-electron chi connectivity index (χ3n) is 3.79. The van der Waals surface area contributed by atoms with Crippen LogP contribution in [0.4, 0.5) is 0 Å². The summed E-state index contributed by atoms with van der Waals surface area (Å²) < 4.78 is 0. The van der Waals surface area contributed by atoms with E-state index in [9.17, 15) is 9.90 Å². The highest BCUT2D eigenvalue weighted by atomic mass is 16.3. The van der Waals surface area contributed by atoms with Gasteiger partial charge in [-0.25, -0.2) is 0 Å². The first-order valence-corrected chi connectivity index (χ1v) is 6.93. The lowest BCUT2D eigenvalue weighted by Crippen LogP contribution is -2.45. The van der Waals surface area contributed by atoms with Crippen molar-refractivity contribution in [1.82, 2.24) is 5.32 Å². The minimum Gasteiger partial charge on any atom is -0.388 e. The zero-order chi connectivity index (χ0) is 14.5. The van der Waals surface area contributed by atoms with Crippen molar-refractivity contribution in [2.45, 2.75) is 45.6 Å². The average molecular weight is 263 g/mol. The largest absolute Gasteiger partial charge is 0.388 e. The third kappa shape index (κ3) is 4.35. The first-order chi connectivity index (χ1) is 8.88. The summed E-state index contributed by atoms with van der Waals surface area (Å²) in [5.74, 6) is -0.0663. The number of amides is 1. The van der Waals surface area contributed by atoms with Crippen molar-refractivity contribution in [3.05, 3.63) is 35.9 Å². The lowest BCUT2D eigenvalue weighted by Gasteiger charge is -2.28. The van der Waals surface area contributed by atoms with Gasteiger partial charge in [0.15, 0.2) is 0 Å². The molecular weight excluding hydrogens is 238 g/mol. The maximum Gasteiger partial charge on any atom is 0.227 e. The van der Waals surface area contributed by atoms with E-state index in [1.165, 1.54) is 0 Å². The second-order valence-corrected chi connectivity index (χ2v) is 5.60. The van der Waals surface area contributed by atoms with Crippen molar-refractivity contribution >= 4 is 5.91 Å². The summed E-state index contributed by atoms with van der Waals surface area (Å²) in [5.41, 5.74) is 0.150. The van der Waals surface area contributed by atoms with Crippen LogP contribution in [0.5, 0.6) is 0 Å². The number of carbonyl (C=O) groups is 1. The van der Waals surface area contributed by atoms with Gasteiger partial charge < -0.3 is 10.4 Å². The summed E-state index contributed by atoms with van der Waals surface area (Å²) in [5, 5.41) is 13.0. The van der Waals surface area contributed by atoms with Gasteiger partial charge in [-0.05, 0) is 24.8 Å². The second-order valence-electron chi connectivity index (χ2n) is 5.60. The van der Waals surface area contributed by atoms with E-state index in [-0.39, 0.29) is 24.3 Å². The summed E-state index contributed by atoms with van der Waals surface area (Å²) in [4.78, 5) is 12.2. The normalized spacial score (nSPS) is 15.9. The van der Waals surface area contributed by atoms with Gasteiger partial charge in [0.1, 0.15) is 0 Å². The van der Waals surface area contributed by atoms with Crippen molar-refractivity contribution in [3.63, 3.8) is 0 Å². The molecule has 0 aliphatic carbocycles. The number of hydrogen-bond donors (Lipinski definition) is 2. The van der Waals surface area contributed by atoms with Crippen LogP contribution in [0, 0.1) is 5.92 Å². The Morgan fingerprint density at radius 1 is 1.32 bits per heavy atom. The van der Waals surface area contributed by atoms with Crippen LogP contribution in [0.2, 0.25) is 0 Å². The van der Waals surface area contributed by atoms with E-state index in [1.54, 1.807) is 6.92 Å². The van der Waals surface area contributed by atoms with Gasteiger partial charge in [-0.2, -0.15) is 0 Å². The first kappa shape index (κ1) is 15.7. The standard InChI is InChI=1S/C16H25NO2/c1-5-14(13-9-7-6-8-10-13)15(18)17-11-16(4,19)12(2)3/h6-10,12,14,19H,5,11H2,1-4H3,(H,17,18). The van der Waals surface area contributed by atoms with E-state index in [0.717, 1.165) is 12.0 Å². The van der Waals surface area contributed by atoms with Crippen molar-refractivity contribution in [2.75, 3.05) is 6.54 Å². The van der Waals surface area contributed by atoms with Crippen LogP contribution < -0.4 is 5.32 Å². The lowest BCUT2D eigenvalue weighted by atomic mass is 9.91. The molecule has 2 N–H and O–H groups in total. The molecule has 2 unspecified atom stereocenters. The molecule has 3 heteroatoms. The minimum atomic E-state index is -0.870. The van der Waals surface area contributed by atoms with Gasteiger partial charge in [-0.3, -0.25) is 4.79 Å². The highest BCUT2D eigenvalue weighted by Gasteiger charge is 2.27. The Hall–Kier alpha value is -1.35. The average Bonchev–Trinajstić information content (AvgIpc) is 2.38. The first-order valence-electron chi connectivity index (χ1n) is 6.93. The van der Waals surface area contributed by atoms with Gasteiger partial charge in [0, 0.05) is 6.54 Å². The monoisotopic (exact) mass is 263 g/mol. The maximum absolute atomic E-state index is 12.2. The molecule has 1 amide bonds. The number of rotatable bonds is 6. The molecule has 1 rings (SSSR count). The van der Waals surface area contributed by atoms with Crippen LogP contribution in [0.3, 0.4) is 0 Å². The summed E-state index contributed by atoms with van der Waals surface area (Å²) in [6.07, 6.45) is 0.750. The number of hydrogen-bond acceptors (Lipinski definition) is 2. The van der Waals surface area contributed by atoms with Crippen molar-refractivity contribution < 1.29 is 9.90 Å². The van der Waals surface area contributed by atoms with Crippen LogP contribution in [0.1, 0.15) is 45.6 Å². The van der Waals surface area contributed by atoms with Gasteiger partial charge in [0.05, 0.1) is 11.5 Å². The summed E-state index contributed by atoms with van der Waals surface area (Å²) in [7, 11) is 0. The van der Waals surface area contributed by atoms with Crippen LogP contribution in [0.25, 0.3) is 0 Å².